The molecule has 1 heterocycles. The van der Waals surface area contributed by atoms with Crippen molar-refractivity contribution in [2.45, 2.75) is 26.3 Å². The van der Waals surface area contributed by atoms with Crippen LogP contribution in [-0.4, -0.2) is 31.5 Å². The Balaban J connectivity index is 0.00000338. The number of hydrogen-bond acceptors (Lipinski definition) is 3. The molecule has 7 heteroatoms. The monoisotopic (exact) mass is 486 g/mol. The van der Waals surface area contributed by atoms with E-state index in [-0.39, 0.29) is 35.9 Å². The summed E-state index contributed by atoms with van der Waals surface area (Å²) < 4.78 is 0. The number of amides is 1. The Morgan fingerprint density at radius 1 is 1.15 bits per heavy atom. The largest absolute Gasteiger partial charge is 0.357 e. The van der Waals surface area contributed by atoms with Crippen molar-refractivity contribution < 1.29 is 4.79 Å². The molecule has 5 nitrogen and oxygen atoms in total. The molecule has 0 fully saturated rings. The average molecular weight is 486 g/mol. The van der Waals surface area contributed by atoms with Gasteiger partial charge in [-0.05, 0) is 37.3 Å². The SMILES string of the molecule is CCNC(=NCCCNC(=O)c1cccs1)NC(C)c1ccccc1.I. The van der Waals surface area contributed by atoms with E-state index >= 15 is 0 Å². The van der Waals surface area contributed by atoms with Gasteiger partial charge in [0.1, 0.15) is 0 Å². The van der Waals surface area contributed by atoms with Crippen LogP contribution in [0.1, 0.15) is 41.5 Å². The summed E-state index contributed by atoms with van der Waals surface area (Å²) in [5, 5.41) is 11.5. The van der Waals surface area contributed by atoms with E-state index in [0.29, 0.717) is 13.1 Å². The van der Waals surface area contributed by atoms with Crippen LogP contribution < -0.4 is 16.0 Å². The van der Waals surface area contributed by atoms with E-state index < -0.39 is 0 Å². The highest BCUT2D eigenvalue weighted by Crippen LogP contribution is 2.10. The van der Waals surface area contributed by atoms with Crippen LogP contribution in [-0.2, 0) is 0 Å². The van der Waals surface area contributed by atoms with Crippen LogP contribution in [0.4, 0.5) is 0 Å². The third-order valence-electron chi connectivity index (χ3n) is 3.63. The first-order valence-corrected chi connectivity index (χ1v) is 9.50. The fourth-order valence-electron chi connectivity index (χ4n) is 2.32. The topological polar surface area (TPSA) is 65.5 Å². The molecule has 1 atom stereocenters. The lowest BCUT2D eigenvalue weighted by molar-refractivity contribution is 0.0957. The molecule has 0 saturated carbocycles. The van der Waals surface area contributed by atoms with Crippen molar-refractivity contribution >= 4 is 47.2 Å². The van der Waals surface area contributed by atoms with Crippen LogP contribution in [0, 0.1) is 0 Å². The molecule has 0 bridgehead atoms. The highest BCUT2D eigenvalue weighted by molar-refractivity contribution is 14.0. The molecule has 0 spiro atoms. The van der Waals surface area contributed by atoms with Gasteiger partial charge in [0, 0.05) is 19.6 Å². The quantitative estimate of drug-likeness (QED) is 0.230. The first-order valence-electron chi connectivity index (χ1n) is 8.62. The van der Waals surface area contributed by atoms with Crippen LogP contribution in [0.15, 0.2) is 52.8 Å². The number of benzene rings is 1. The van der Waals surface area contributed by atoms with Crippen LogP contribution >= 0.6 is 35.3 Å². The second kappa shape index (κ2) is 12.7. The lowest BCUT2D eigenvalue weighted by atomic mass is 10.1. The first kappa shape index (κ1) is 22.4. The Bertz CT molecular complexity index is 661. The Labute approximate surface area is 176 Å². The lowest BCUT2D eigenvalue weighted by Crippen LogP contribution is -2.39. The smallest absolute Gasteiger partial charge is 0.261 e. The number of carbonyl (C=O) groups excluding carboxylic acids is 1. The molecular formula is C19H27IN4OS. The van der Waals surface area contributed by atoms with Gasteiger partial charge in [-0.15, -0.1) is 35.3 Å². The maximum absolute atomic E-state index is 11.8. The molecule has 26 heavy (non-hydrogen) atoms. The Kier molecular flexibility index (Phi) is 11.0. The predicted molar refractivity (Wildman–Crippen MR) is 121 cm³/mol. The van der Waals surface area contributed by atoms with Crippen molar-refractivity contribution in [2.24, 2.45) is 4.99 Å². The van der Waals surface area contributed by atoms with Crippen LogP contribution in [0.3, 0.4) is 0 Å². The van der Waals surface area contributed by atoms with E-state index in [0.717, 1.165) is 23.8 Å². The van der Waals surface area contributed by atoms with Crippen molar-refractivity contribution in [1.29, 1.82) is 0 Å². The zero-order valence-electron chi connectivity index (χ0n) is 15.2. The summed E-state index contributed by atoms with van der Waals surface area (Å²) in [6.45, 7) is 6.24. The second-order valence-electron chi connectivity index (χ2n) is 5.62. The van der Waals surface area contributed by atoms with Gasteiger partial charge in [0.05, 0.1) is 10.9 Å². The van der Waals surface area contributed by atoms with Crippen molar-refractivity contribution in [3.63, 3.8) is 0 Å². The van der Waals surface area contributed by atoms with Crippen LogP contribution in [0.5, 0.6) is 0 Å². The minimum Gasteiger partial charge on any atom is -0.357 e. The summed E-state index contributed by atoms with van der Waals surface area (Å²) >= 11 is 1.45. The zero-order valence-corrected chi connectivity index (χ0v) is 18.3. The molecule has 1 aromatic heterocycles. The number of nitrogens with zero attached hydrogens (tertiary/aromatic N) is 1. The number of aliphatic imine (C=N–C) groups is 1. The van der Waals surface area contributed by atoms with Gasteiger partial charge >= 0.3 is 0 Å². The van der Waals surface area contributed by atoms with Crippen molar-refractivity contribution in [3.05, 3.63) is 58.3 Å². The van der Waals surface area contributed by atoms with Gasteiger partial charge in [-0.25, -0.2) is 0 Å². The molecule has 1 aromatic carbocycles. The van der Waals surface area contributed by atoms with Crippen LogP contribution in [0.25, 0.3) is 0 Å². The average Bonchev–Trinajstić information content (AvgIpc) is 3.17. The maximum atomic E-state index is 11.8. The predicted octanol–water partition coefficient (Wildman–Crippen LogP) is 3.80. The summed E-state index contributed by atoms with van der Waals surface area (Å²) in [5.41, 5.74) is 1.22. The Hall–Kier alpha value is -1.61. The van der Waals surface area contributed by atoms with Gasteiger partial charge in [-0.1, -0.05) is 36.4 Å². The molecule has 142 valence electrons. The number of hydrogen-bond donors (Lipinski definition) is 3. The highest BCUT2D eigenvalue weighted by Gasteiger charge is 2.07. The number of thiophene rings is 1. The molecule has 1 amide bonds. The number of halogens is 1. The number of guanidine groups is 1. The fourth-order valence-corrected chi connectivity index (χ4v) is 2.96. The molecule has 0 aliphatic heterocycles. The second-order valence-corrected chi connectivity index (χ2v) is 6.57. The summed E-state index contributed by atoms with van der Waals surface area (Å²) in [7, 11) is 0. The van der Waals surface area contributed by atoms with Crippen molar-refractivity contribution in [2.75, 3.05) is 19.6 Å². The van der Waals surface area contributed by atoms with E-state index in [1.165, 1.54) is 16.9 Å². The molecule has 1 unspecified atom stereocenters. The number of nitrogens with one attached hydrogen (secondary N) is 3. The number of carbonyl (C=O) groups is 1. The van der Waals surface area contributed by atoms with Gasteiger partial charge < -0.3 is 16.0 Å². The molecule has 0 radical (unpaired) electrons. The van der Waals surface area contributed by atoms with Gasteiger partial charge in [0.25, 0.3) is 5.91 Å². The molecule has 0 saturated heterocycles. The summed E-state index contributed by atoms with van der Waals surface area (Å²) in [6.07, 6.45) is 0.799. The van der Waals surface area contributed by atoms with E-state index in [4.69, 9.17) is 0 Å². The third-order valence-corrected chi connectivity index (χ3v) is 4.50. The molecular weight excluding hydrogens is 459 g/mol. The van der Waals surface area contributed by atoms with Gasteiger partial charge in [0.15, 0.2) is 5.96 Å². The van der Waals surface area contributed by atoms with Gasteiger partial charge in [0.2, 0.25) is 0 Å². The maximum Gasteiger partial charge on any atom is 0.261 e. The third kappa shape index (κ3) is 7.74. The van der Waals surface area contributed by atoms with Gasteiger partial charge in [-0.3, -0.25) is 9.79 Å². The fraction of sp³-hybridized carbons (Fsp3) is 0.368. The Morgan fingerprint density at radius 2 is 1.92 bits per heavy atom. The minimum absolute atomic E-state index is 0. The molecule has 0 aliphatic carbocycles. The van der Waals surface area contributed by atoms with Gasteiger partial charge in [-0.2, -0.15) is 0 Å². The Morgan fingerprint density at radius 3 is 2.58 bits per heavy atom. The van der Waals surface area contributed by atoms with E-state index in [1.54, 1.807) is 0 Å². The highest BCUT2D eigenvalue weighted by atomic mass is 127. The van der Waals surface area contributed by atoms with Crippen LogP contribution in [0.2, 0.25) is 0 Å². The van der Waals surface area contributed by atoms with Crippen molar-refractivity contribution in [1.82, 2.24) is 16.0 Å². The lowest BCUT2D eigenvalue weighted by Gasteiger charge is -2.18. The summed E-state index contributed by atoms with van der Waals surface area (Å²) in [5.74, 6) is 0.783. The van der Waals surface area contributed by atoms with E-state index in [9.17, 15) is 4.79 Å². The first-order chi connectivity index (χ1) is 12.2. The van der Waals surface area contributed by atoms with E-state index in [1.807, 2.05) is 42.6 Å². The number of rotatable bonds is 8. The standard InChI is InChI=1S/C19H26N4OS.HI/c1-3-20-19(23-15(2)16-9-5-4-6-10-16)22-13-8-12-21-18(24)17-11-7-14-25-17;/h4-7,9-11,14-15H,3,8,12-13H2,1-2H3,(H,21,24)(H2,20,22,23);1H. The molecule has 3 N–H and O–H groups in total. The molecule has 2 rings (SSSR count). The minimum atomic E-state index is -0.0123. The molecule has 0 aliphatic rings. The van der Waals surface area contributed by atoms with E-state index in [2.05, 4.69) is 40.0 Å². The summed E-state index contributed by atoms with van der Waals surface area (Å²) in [4.78, 5) is 17.2. The normalized spacial score (nSPS) is 12.0. The zero-order chi connectivity index (χ0) is 17.9. The van der Waals surface area contributed by atoms with Crippen molar-refractivity contribution in [3.8, 4) is 0 Å². The summed E-state index contributed by atoms with van der Waals surface area (Å²) in [6, 6.07) is 14.2. The molecule has 2 aromatic rings.